The van der Waals surface area contributed by atoms with Crippen LogP contribution in [0.25, 0.3) is 0 Å². The highest BCUT2D eigenvalue weighted by atomic mass is 28.4. The minimum atomic E-state index is -1.77. The van der Waals surface area contributed by atoms with Crippen molar-refractivity contribution < 1.29 is 4.43 Å². The maximum atomic E-state index is 6.30. The van der Waals surface area contributed by atoms with E-state index in [0.29, 0.717) is 12.4 Å². The molecule has 3 nitrogen and oxygen atoms in total. The molecule has 0 aliphatic rings. The topological polar surface area (TPSA) is 34.5 Å². The zero-order chi connectivity index (χ0) is 20.9. The average Bonchev–Trinajstić information content (AvgIpc) is 2.72. The van der Waals surface area contributed by atoms with Gasteiger partial charge in [0, 0.05) is 17.3 Å². The van der Waals surface area contributed by atoms with Gasteiger partial charge in [0.15, 0.2) is 14.1 Å². The molecule has 150 valence electrons. The van der Waals surface area contributed by atoms with Gasteiger partial charge in [-0.05, 0) is 29.8 Å². The van der Waals surface area contributed by atoms with E-state index in [2.05, 4.69) is 69.2 Å². The van der Waals surface area contributed by atoms with E-state index in [0.717, 1.165) is 22.4 Å². The lowest BCUT2D eigenvalue weighted by Gasteiger charge is -2.36. The van der Waals surface area contributed by atoms with Crippen molar-refractivity contribution in [1.29, 1.82) is 0 Å². The molecule has 0 saturated carbocycles. The number of benzene rings is 2. The molecule has 0 atom stereocenters. The van der Waals surface area contributed by atoms with Crippen molar-refractivity contribution in [2.45, 2.75) is 45.5 Å². The quantitative estimate of drug-likeness (QED) is 0.337. The maximum absolute atomic E-state index is 6.30. The first-order valence-electron chi connectivity index (χ1n) is 10.0. The monoisotopic (exact) mass is 402 g/mol. The first-order valence-corrected chi connectivity index (χ1v) is 13.0. The van der Waals surface area contributed by atoms with Crippen LogP contribution in [0.1, 0.15) is 37.5 Å². The molecule has 0 saturated heterocycles. The van der Waals surface area contributed by atoms with Gasteiger partial charge < -0.3 is 4.43 Å². The van der Waals surface area contributed by atoms with E-state index >= 15 is 0 Å². The molecule has 2 aromatic carbocycles. The molecule has 1 aromatic heterocycles. The average molecular weight is 403 g/mol. The summed E-state index contributed by atoms with van der Waals surface area (Å²) in [5.74, 6) is 0.698. The Morgan fingerprint density at radius 3 is 1.86 bits per heavy atom. The molecule has 0 fully saturated rings. The molecule has 0 amide bonds. The van der Waals surface area contributed by atoms with Gasteiger partial charge in [0.05, 0.1) is 12.3 Å². The van der Waals surface area contributed by atoms with E-state index in [1.165, 1.54) is 0 Å². The lowest BCUT2D eigenvalue weighted by atomic mass is 10.0. The molecule has 3 aromatic rings. The van der Waals surface area contributed by atoms with Crippen LogP contribution < -0.4 is 0 Å². The number of hydrogen-bond acceptors (Lipinski definition) is 3. The van der Waals surface area contributed by atoms with Crippen molar-refractivity contribution in [1.82, 2.24) is 4.98 Å². The second kappa shape index (κ2) is 8.85. The lowest BCUT2D eigenvalue weighted by molar-refractivity contribution is 0.276. The second-order valence-corrected chi connectivity index (χ2v) is 13.6. The summed E-state index contributed by atoms with van der Waals surface area (Å²) in [4.78, 5) is 9.44. The fourth-order valence-electron chi connectivity index (χ4n) is 2.65. The van der Waals surface area contributed by atoms with Crippen molar-refractivity contribution in [2.24, 2.45) is 4.99 Å². The normalized spacial score (nSPS) is 11.9. The van der Waals surface area contributed by atoms with Crippen LogP contribution in [-0.2, 0) is 11.0 Å². The molecule has 0 radical (unpaired) electrons. The third-order valence-corrected chi connectivity index (χ3v) is 10.0. The van der Waals surface area contributed by atoms with Gasteiger partial charge >= 0.3 is 0 Å². The van der Waals surface area contributed by atoms with Gasteiger partial charge in [-0.25, -0.2) is 9.98 Å². The number of nitrogens with zero attached hydrogens (tertiary/aromatic N) is 2. The molecule has 29 heavy (non-hydrogen) atoms. The van der Waals surface area contributed by atoms with Gasteiger partial charge in [-0.2, -0.15) is 0 Å². The van der Waals surface area contributed by atoms with Crippen LogP contribution in [0.5, 0.6) is 0 Å². The SMILES string of the molecule is CC(C)(C)[Si](C)(C)OCc1ccc(N=C(c2ccccc2)c2ccccc2)nc1. The fourth-order valence-corrected chi connectivity index (χ4v) is 3.61. The van der Waals surface area contributed by atoms with E-state index in [4.69, 9.17) is 9.42 Å². The van der Waals surface area contributed by atoms with E-state index in [9.17, 15) is 0 Å². The van der Waals surface area contributed by atoms with Crippen LogP contribution in [0.4, 0.5) is 5.82 Å². The Morgan fingerprint density at radius 1 is 0.862 bits per heavy atom. The van der Waals surface area contributed by atoms with Crippen molar-refractivity contribution >= 4 is 19.8 Å². The van der Waals surface area contributed by atoms with Crippen LogP contribution in [0.3, 0.4) is 0 Å². The Hall–Kier alpha value is -2.56. The zero-order valence-electron chi connectivity index (χ0n) is 18.0. The zero-order valence-corrected chi connectivity index (χ0v) is 19.0. The summed E-state index contributed by atoms with van der Waals surface area (Å²) in [7, 11) is -1.77. The molecule has 3 rings (SSSR count). The van der Waals surface area contributed by atoms with Crippen molar-refractivity contribution in [2.75, 3.05) is 0 Å². The van der Waals surface area contributed by atoms with Gasteiger partial charge in [0.1, 0.15) is 0 Å². The third-order valence-electron chi connectivity index (χ3n) is 5.54. The Bertz CT molecular complexity index is 902. The lowest BCUT2D eigenvalue weighted by Crippen LogP contribution is -2.40. The standard InChI is InChI=1S/C25H30N2OSi/c1-25(2,3)29(4,5)28-19-20-16-17-23(26-18-20)27-24(21-12-8-6-9-13-21)22-14-10-7-11-15-22/h6-18H,19H2,1-5H3. The molecule has 1 heterocycles. The second-order valence-electron chi connectivity index (χ2n) is 8.77. The first kappa shape index (κ1) is 21.2. The largest absolute Gasteiger partial charge is 0.413 e. The molecule has 0 unspecified atom stereocenters. The number of aliphatic imine (C=N–C) groups is 1. The minimum absolute atomic E-state index is 0.199. The predicted molar refractivity (Wildman–Crippen MR) is 124 cm³/mol. The van der Waals surface area contributed by atoms with Gasteiger partial charge in [-0.15, -0.1) is 0 Å². The van der Waals surface area contributed by atoms with Crippen LogP contribution in [0.2, 0.25) is 18.1 Å². The molecule has 0 spiro atoms. The number of hydrogen-bond donors (Lipinski definition) is 0. The summed E-state index contributed by atoms with van der Waals surface area (Å²) in [5.41, 5.74) is 4.15. The molecule has 0 N–H and O–H groups in total. The summed E-state index contributed by atoms with van der Waals surface area (Å²) in [6.07, 6.45) is 1.87. The number of aromatic nitrogens is 1. The maximum Gasteiger partial charge on any atom is 0.192 e. The van der Waals surface area contributed by atoms with Crippen molar-refractivity contribution in [3.8, 4) is 0 Å². The summed E-state index contributed by atoms with van der Waals surface area (Å²) >= 11 is 0. The third kappa shape index (κ3) is 5.49. The molecule has 0 aliphatic carbocycles. The van der Waals surface area contributed by atoms with Gasteiger partial charge in [0.2, 0.25) is 0 Å². The predicted octanol–water partition coefficient (Wildman–Crippen LogP) is 6.77. The Labute approximate surface area is 175 Å². The van der Waals surface area contributed by atoms with Crippen molar-refractivity contribution in [3.05, 3.63) is 95.7 Å². The van der Waals surface area contributed by atoms with Gasteiger partial charge in [-0.1, -0.05) is 87.5 Å². The van der Waals surface area contributed by atoms with Gasteiger partial charge in [0.25, 0.3) is 0 Å². The Balaban J connectivity index is 1.83. The molecular weight excluding hydrogens is 372 g/mol. The van der Waals surface area contributed by atoms with Crippen LogP contribution in [-0.4, -0.2) is 19.0 Å². The summed E-state index contributed by atoms with van der Waals surface area (Å²) in [6.45, 7) is 11.9. The van der Waals surface area contributed by atoms with Crippen molar-refractivity contribution in [3.63, 3.8) is 0 Å². The number of pyridine rings is 1. The van der Waals surface area contributed by atoms with Crippen LogP contribution in [0, 0.1) is 0 Å². The summed E-state index contributed by atoms with van der Waals surface area (Å²) in [6, 6.07) is 24.5. The molecule has 0 bridgehead atoms. The summed E-state index contributed by atoms with van der Waals surface area (Å²) < 4.78 is 6.30. The smallest absolute Gasteiger partial charge is 0.192 e. The highest BCUT2D eigenvalue weighted by Crippen LogP contribution is 2.37. The van der Waals surface area contributed by atoms with Crippen LogP contribution >= 0.6 is 0 Å². The van der Waals surface area contributed by atoms with Gasteiger partial charge in [-0.3, -0.25) is 0 Å². The fraction of sp³-hybridized carbons (Fsp3) is 0.280. The van der Waals surface area contributed by atoms with E-state index in [-0.39, 0.29) is 5.04 Å². The first-order chi connectivity index (χ1) is 13.8. The van der Waals surface area contributed by atoms with Crippen LogP contribution in [0.15, 0.2) is 84.0 Å². The minimum Gasteiger partial charge on any atom is -0.413 e. The molecule has 0 aliphatic heterocycles. The Kier molecular flexibility index (Phi) is 6.45. The Morgan fingerprint density at radius 2 is 1.41 bits per heavy atom. The highest BCUT2D eigenvalue weighted by molar-refractivity contribution is 6.74. The number of rotatable bonds is 6. The molecule has 4 heteroatoms. The highest BCUT2D eigenvalue weighted by Gasteiger charge is 2.37. The summed E-state index contributed by atoms with van der Waals surface area (Å²) in [5, 5.41) is 0.199. The van der Waals surface area contributed by atoms with E-state index in [1.54, 1.807) is 0 Å². The van der Waals surface area contributed by atoms with E-state index in [1.807, 2.05) is 48.7 Å². The molecular formula is C25H30N2OSi. The van der Waals surface area contributed by atoms with E-state index < -0.39 is 8.32 Å².